The number of carbonyl (C=O) groups excluding carboxylic acids is 1. The summed E-state index contributed by atoms with van der Waals surface area (Å²) in [7, 11) is 0. The summed E-state index contributed by atoms with van der Waals surface area (Å²) in [6.45, 7) is 2.08. The highest BCUT2D eigenvalue weighted by atomic mass is 35.5. The molecule has 0 saturated heterocycles. The molecule has 0 aliphatic carbocycles. The smallest absolute Gasteiger partial charge is 0.266 e. The van der Waals surface area contributed by atoms with Crippen LogP contribution in [0.4, 0.5) is 5.69 Å². The lowest BCUT2D eigenvalue weighted by atomic mass is 10.1. The van der Waals surface area contributed by atoms with Crippen LogP contribution in [0, 0.1) is 11.3 Å². The summed E-state index contributed by atoms with van der Waals surface area (Å²) in [5, 5.41) is 13.1. The molecule has 150 valence electrons. The van der Waals surface area contributed by atoms with Crippen LogP contribution in [0.2, 0.25) is 5.02 Å². The molecule has 2 aromatic carbocycles. The Morgan fingerprint density at radius 1 is 1.17 bits per heavy atom. The van der Waals surface area contributed by atoms with Gasteiger partial charge < -0.3 is 14.6 Å². The number of nitrogens with zero attached hydrogens (tertiary/aromatic N) is 2. The lowest BCUT2D eigenvalue weighted by Crippen LogP contribution is -2.45. The van der Waals surface area contributed by atoms with E-state index in [1.807, 2.05) is 54.6 Å². The topological polar surface area (TPSA) is 69.3 Å². The van der Waals surface area contributed by atoms with Crippen molar-refractivity contribution in [3.05, 3.63) is 87.6 Å². The molecule has 4 rings (SSSR count). The van der Waals surface area contributed by atoms with Gasteiger partial charge in [0.2, 0.25) is 0 Å². The zero-order valence-corrected chi connectivity index (χ0v) is 17.7. The van der Waals surface area contributed by atoms with Gasteiger partial charge in [0.05, 0.1) is 10.1 Å². The molecule has 1 aliphatic heterocycles. The maximum Gasteiger partial charge on any atom is 0.266 e. The van der Waals surface area contributed by atoms with Gasteiger partial charge in [-0.25, -0.2) is 0 Å². The first-order valence-corrected chi connectivity index (χ1v) is 10.2. The van der Waals surface area contributed by atoms with Crippen molar-refractivity contribution in [2.45, 2.75) is 19.5 Å². The monoisotopic (exact) mass is 435 g/mol. The first-order valence-electron chi connectivity index (χ1n) is 9.40. The maximum absolute atomic E-state index is 12.5. The number of thiol groups is 1. The Labute approximate surface area is 185 Å². The number of aryl methyl sites for hydroxylation is 1. The summed E-state index contributed by atoms with van der Waals surface area (Å²) >= 11 is 10.8. The molecule has 1 aromatic heterocycles. The van der Waals surface area contributed by atoms with E-state index in [-0.39, 0.29) is 10.6 Å². The van der Waals surface area contributed by atoms with E-state index in [2.05, 4.69) is 24.9 Å². The summed E-state index contributed by atoms with van der Waals surface area (Å²) in [6.07, 6.45) is 0.248. The fourth-order valence-electron chi connectivity index (χ4n) is 3.37. The summed E-state index contributed by atoms with van der Waals surface area (Å²) in [5.41, 5.74) is 2.67. The number of nitriles is 1. The molecule has 0 bridgehead atoms. The number of hydrogen-bond acceptors (Lipinski definition) is 5. The Kier molecular flexibility index (Phi) is 5.58. The second kappa shape index (κ2) is 8.31. The van der Waals surface area contributed by atoms with Crippen LogP contribution in [0.1, 0.15) is 24.4 Å². The minimum absolute atomic E-state index is 0.0490. The van der Waals surface area contributed by atoms with Crippen molar-refractivity contribution in [2.24, 2.45) is 0 Å². The van der Waals surface area contributed by atoms with Crippen LogP contribution in [0.25, 0.3) is 11.3 Å². The Morgan fingerprint density at radius 3 is 2.57 bits per heavy atom. The normalized spacial score (nSPS) is 16.4. The van der Waals surface area contributed by atoms with Crippen molar-refractivity contribution in [2.75, 3.05) is 4.90 Å². The summed E-state index contributed by atoms with van der Waals surface area (Å²) in [4.78, 5) is 14.3. The minimum atomic E-state index is -0.661. The van der Waals surface area contributed by atoms with Crippen LogP contribution in [-0.2, 0) is 11.2 Å². The van der Waals surface area contributed by atoms with E-state index in [1.165, 1.54) is 5.56 Å². The van der Waals surface area contributed by atoms with Gasteiger partial charge in [0.25, 0.3) is 5.91 Å². The van der Waals surface area contributed by atoms with Crippen LogP contribution >= 0.6 is 24.2 Å². The molecule has 0 radical (unpaired) electrons. The van der Waals surface area contributed by atoms with Gasteiger partial charge in [-0.3, -0.25) is 4.79 Å². The maximum atomic E-state index is 12.5. The first kappa shape index (κ1) is 20.1. The molecule has 1 unspecified atom stereocenters. The second-order valence-electron chi connectivity index (χ2n) is 6.76. The highest BCUT2D eigenvalue weighted by Gasteiger charge is 2.35. The van der Waals surface area contributed by atoms with E-state index in [9.17, 15) is 10.1 Å². The van der Waals surface area contributed by atoms with Gasteiger partial charge in [0.15, 0.2) is 6.17 Å². The molecule has 3 aromatic rings. The molecule has 1 N–H and O–H groups in total. The number of amides is 1. The number of benzene rings is 2. The SMILES string of the molecule is CCc1ccc(N2C(S)=C(C#N)C(=O)NC2c2ccc(-c3ccccc3Cl)o2)cc1. The van der Waals surface area contributed by atoms with E-state index in [0.29, 0.717) is 16.5 Å². The molecule has 30 heavy (non-hydrogen) atoms. The molecule has 1 amide bonds. The van der Waals surface area contributed by atoms with Crippen LogP contribution in [0.3, 0.4) is 0 Å². The van der Waals surface area contributed by atoms with E-state index >= 15 is 0 Å². The Bertz CT molecular complexity index is 1180. The fraction of sp³-hybridized carbons (Fsp3) is 0.130. The Balaban J connectivity index is 1.79. The molecule has 1 atom stereocenters. The highest BCUT2D eigenvalue weighted by molar-refractivity contribution is 7.84. The average Bonchev–Trinajstić information content (AvgIpc) is 3.24. The Morgan fingerprint density at radius 2 is 1.90 bits per heavy atom. The number of rotatable bonds is 4. The van der Waals surface area contributed by atoms with Crippen molar-refractivity contribution >= 4 is 35.8 Å². The van der Waals surface area contributed by atoms with Gasteiger partial charge in [-0.15, -0.1) is 12.6 Å². The van der Waals surface area contributed by atoms with Crippen LogP contribution in [-0.4, -0.2) is 5.91 Å². The quantitative estimate of drug-likeness (QED) is 0.534. The Hall–Kier alpha value is -3.14. The molecular weight excluding hydrogens is 418 g/mol. The minimum Gasteiger partial charge on any atom is -0.457 e. The zero-order valence-electron chi connectivity index (χ0n) is 16.1. The third-order valence-corrected chi connectivity index (χ3v) is 5.74. The molecule has 7 heteroatoms. The average molecular weight is 436 g/mol. The number of furan rings is 1. The van der Waals surface area contributed by atoms with Crippen molar-refractivity contribution in [1.29, 1.82) is 5.26 Å². The van der Waals surface area contributed by atoms with E-state index < -0.39 is 12.1 Å². The second-order valence-corrected chi connectivity index (χ2v) is 7.59. The fourth-order valence-corrected chi connectivity index (χ4v) is 3.98. The number of nitrogens with one attached hydrogen (secondary N) is 1. The molecular formula is C23H18ClN3O2S. The van der Waals surface area contributed by atoms with Gasteiger partial charge >= 0.3 is 0 Å². The lowest BCUT2D eigenvalue weighted by molar-refractivity contribution is -0.118. The first-order chi connectivity index (χ1) is 14.5. The zero-order chi connectivity index (χ0) is 21.3. The predicted octanol–water partition coefficient (Wildman–Crippen LogP) is 5.46. The number of carbonyl (C=O) groups is 1. The number of halogens is 1. The summed E-state index contributed by atoms with van der Waals surface area (Å²) in [5.74, 6) is 0.591. The van der Waals surface area contributed by atoms with E-state index in [4.69, 9.17) is 16.0 Å². The van der Waals surface area contributed by atoms with Crippen LogP contribution < -0.4 is 10.2 Å². The summed E-state index contributed by atoms with van der Waals surface area (Å²) < 4.78 is 6.07. The van der Waals surface area contributed by atoms with Gasteiger partial charge in [-0.1, -0.05) is 42.8 Å². The van der Waals surface area contributed by atoms with Gasteiger partial charge in [0, 0.05) is 11.3 Å². The van der Waals surface area contributed by atoms with Crippen molar-refractivity contribution in [1.82, 2.24) is 5.32 Å². The molecule has 1 aliphatic rings. The molecule has 0 fully saturated rings. The van der Waals surface area contributed by atoms with E-state index in [0.717, 1.165) is 17.7 Å². The standard InChI is InChI=1S/C23H18ClN3O2S/c1-2-14-7-9-15(10-8-14)27-21(26-22(28)17(13-25)23(27)30)20-12-11-19(29-20)16-5-3-4-6-18(16)24/h3-12,21,30H,2H2,1H3,(H,26,28). The van der Waals surface area contributed by atoms with E-state index in [1.54, 1.807) is 17.0 Å². The molecule has 0 spiro atoms. The van der Waals surface area contributed by atoms with Gasteiger partial charge in [-0.05, 0) is 48.4 Å². The molecule has 0 saturated carbocycles. The van der Waals surface area contributed by atoms with Crippen molar-refractivity contribution < 1.29 is 9.21 Å². The number of anilines is 1. The van der Waals surface area contributed by atoms with Gasteiger partial charge in [0.1, 0.15) is 23.2 Å². The number of hydrogen-bond donors (Lipinski definition) is 2. The van der Waals surface area contributed by atoms with Crippen molar-refractivity contribution in [3.8, 4) is 17.4 Å². The van der Waals surface area contributed by atoms with Crippen LogP contribution in [0.15, 0.2) is 75.7 Å². The largest absolute Gasteiger partial charge is 0.457 e. The summed E-state index contributed by atoms with van der Waals surface area (Å²) in [6, 6.07) is 20.8. The highest BCUT2D eigenvalue weighted by Crippen LogP contribution is 2.38. The lowest BCUT2D eigenvalue weighted by Gasteiger charge is -2.36. The third-order valence-electron chi connectivity index (χ3n) is 4.98. The van der Waals surface area contributed by atoms with Crippen LogP contribution in [0.5, 0.6) is 0 Å². The van der Waals surface area contributed by atoms with Gasteiger partial charge in [-0.2, -0.15) is 5.26 Å². The predicted molar refractivity (Wildman–Crippen MR) is 120 cm³/mol. The molecule has 5 nitrogen and oxygen atoms in total. The molecule has 2 heterocycles. The van der Waals surface area contributed by atoms with Crippen molar-refractivity contribution in [3.63, 3.8) is 0 Å². The third kappa shape index (κ3) is 3.58.